The molecule has 0 heterocycles. The lowest BCUT2D eigenvalue weighted by atomic mass is 10.2. The van der Waals surface area contributed by atoms with E-state index < -0.39 is 0 Å². The summed E-state index contributed by atoms with van der Waals surface area (Å²) in [7, 11) is 1.67. The van der Waals surface area contributed by atoms with Crippen molar-refractivity contribution >= 4 is 0 Å². The standard InChI is InChI=1S/C17H21NO3/c1-20-16-6-2-14(3-7-16)12-18-13-15-4-8-17(9-5-15)21-11-10-19/h2-9,18-19H,10-13H2,1H3. The summed E-state index contributed by atoms with van der Waals surface area (Å²) < 4.78 is 10.5. The Hall–Kier alpha value is -2.04. The molecule has 2 rings (SSSR count). The molecule has 0 unspecified atom stereocenters. The second-order valence-electron chi connectivity index (χ2n) is 4.67. The van der Waals surface area contributed by atoms with Gasteiger partial charge in [0.2, 0.25) is 0 Å². The van der Waals surface area contributed by atoms with Crippen LogP contribution in [0.25, 0.3) is 0 Å². The minimum absolute atomic E-state index is 0.0329. The van der Waals surface area contributed by atoms with Crippen LogP contribution in [-0.2, 0) is 13.1 Å². The minimum Gasteiger partial charge on any atom is -0.497 e. The first-order valence-electron chi connectivity index (χ1n) is 6.98. The molecule has 0 saturated carbocycles. The average Bonchev–Trinajstić information content (AvgIpc) is 2.55. The van der Waals surface area contributed by atoms with Gasteiger partial charge >= 0.3 is 0 Å². The second kappa shape index (κ2) is 8.29. The molecule has 4 heteroatoms. The predicted octanol–water partition coefficient (Wildman–Crippen LogP) is 2.36. The number of aliphatic hydroxyl groups excluding tert-OH is 1. The number of benzene rings is 2. The molecule has 0 atom stereocenters. The lowest BCUT2D eigenvalue weighted by molar-refractivity contribution is 0.201. The third-order valence-electron chi connectivity index (χ3n) is 3.10. The maximum absolute atomic E-state index is 8.70. The van der Waals surface area contributed by atoms with Crippen LogP contribution in [0.2, 0.25) is 0 Å². The van der Waals surface area contributed by atoms with E-state index in [1.165, 1.54) is 11.1 Å². The Balaban J connectivity index is 1.77. The van der Waals surface area contributed by atoms with Gasteiger partial charge in [0.1, 0.15) is 18.1 Å². The van der Waals surface area contributed by atoms with Crippen molar-refractivity contribution < 1.29 is 14.6 Å². The van der Waals surface area contributed by atoms with Crippen LogP contribution in [-0.4, -0.2) is 25.4 Å². The number of rotatable bonds is 8. The van der Waals surface area contributed by atoms with Crippen LogP contribution in [0.4, 0.5) is 0 Å². The van der Waals surface area contributed by atoms with Crippen LogP contribution in [0.3, 0.4) is 0 Å². The molecule has 0 aromatic heterocycles. The fourth-order valence-electron chi connectivity index (χ4n) is 1.96. The largest absolute Gasteiger partial charge is 0.497 e. The van der Waals surface area contributed by atoms with E-state index in [1.54, 1.807) is 7.11 Å². The van der Waals surface area contributed by atoms with Crippen molar-refractivity contribution in [1.82, 2.24) is 5.32 Å². The normalized spacial score (nSPS) is 10.4. The number of hydrogen-bond donors (Lipinski definition) is 2. The fourth-order valence-corrected chi connectivity index (χ4v) is 1.96. The number of ether oxygens (including phenoxy) is 2. The monoisotopic (exact) mass is 287 g/mol. The van der Waals surface area contributed by atoms with Crippen LogP contribution in [0, 0.1) is 0 Å². The van der Waals surface area contributed by atoms with Crippen molar-refractivity contribution in [1.29, 1.82) is 0 Å². The van der Waals surface area contributed by atoms with Crippen LogP contribution < -0.4 is 14.8 Å². The molecule has 4 nitrogen and oxygen atoms in total. The van der Waals surface area contributed by atoms with E-state index in [9.17, 15) is 0 Å². The van der Waals surface area contributed by atoms with Gasteiger partial charge in [-0.2, -0.15) is 0 Å². The summed E-state index contributed by atoms with van der Waals surface area (Å²) in [6.07, 6.45) is 0. The number of aliphatic hydroxyl groups is 1. The molecule has 0 bridgehead atoms. The van der Waals surface area contributed by atoms with Crippen molar-refractivity contribution in [2.24, 2.45) is 0 Å². The molecule has 21 heavy (non-hydrogen) atoms. The highest BCUT2D eigenvalue weighted by Gasteiger charge is 1.97. The van der Waals surface area contributed by atoms with E-state index in [-0.39, 0.29) is 6.61 Å². The van der Waals surface area contributed by atoms with Gasteiger partial charge in [0.05, 0.1) is 13.7 Å². The topological polar surface area (TPSA) is 50.7 Å². The van der Waals surface area contributed by atoms with Gasteiger partial charge in [-0.3, -0.25) is 0 Å². The smallest absolute Gasteiger partial charge is 0.119 e. The Morgan fingerprint density at radius 1 is 0.857 bits per heavy atom. The van der Waals surface area contributed by atoms with Crippen molar-refractivity contribution in [2.75, 3.05) is 20.3 Å². The van der Waals surface area contributed by atoms with Gasteiger partial charge in [0.25, 0.3) is 0 Å². The van der Waals surface area contributed by atoms with E-state index in [0.29, 0.717) is 6.61 Å². The Kier molecular flexibility index (Phi) is 6.06. The van der Waals surface area contributed by atoms with Gasteiger partial charge in [0.15, 0.2) is 0 Å². The molecular weight excluding hydrogens is 266 g/mol. The van der Waals surface area contributed by atoms with Crippen LogP contribution in [0.1, 0.15) is 11.1 Å². The van der Waals surface area contributed by atoms with Crippen molar-refractivity contribution in [3.05, 3.63) is 59.7 Å². The molecule has 0 aliphatic rings. The molecule has 112 valence electrons. The van der Waals surface area contributed by atoms with Gasteiger partial charge in [-0.1, -0.05) is 24.3 Å². The van der Waals surface area contributed by atoms with Gasteiger partial charge < -0.3 is 19.9 Å². The number of nitrogens with one attached hydrogen (secondary N) is 1. The zero-order valence-corrected chi connectivity index (χ0v) is 12.2. The van der Waals surface area contributed by atoms with Crippen molar-refractivity contribution in [2.45, 2.75) is 13.1 Å². The highest BCUT2D eigenvalue weighted by molar-refractivity contribution is 5.28. The fraction of sp³-hybridized carbons (Fsp3) is 0.294. The number of methoxy groups -OCH3 is 1. The summed E-state index contributed by atoms with van der Waals surface area (Å²) in [6.45, 7) is 1.97. The Morgan fingerprint density at radius 2 is 1.38 bits per heavy atom. The average molecular weight is 287 g/mol. The lowest BCUT2D eigenvalue weighted by Gasteiger charge is -2.08. The summed E-state index contributed by atoms with van der Waals surface area (Å²) in [5, 5.41) is 12.1. The molecule has 0 saturated heterocycles. The molecule has 2 N–H and O–H groups in total. The van der Waals surface area contributed by atoms with E-state index in [4.69, 9.17) is 14.6 Å². The van der Waals surface area contributed by atoms with Crippen molar-refractivity contribution in [3.63, 3.8) is 0 Å². The van der Waals surface area contributed by atoms with E-state index in [1.807, 2.05) is 36.4 Å². The zero-order chi connectivity index (χ0) is 14.9. The Bertz CT molecular complexity index is 523. The van der Waals surface area contributed by atoms with Crippen LogP contribution in [0.15, 0.2) is 48.5 Å². The maximum Gasteiger partial charge on any atom is 0.119 e. The molecule has 2 aromatic rings. The quantitative estimate of drug-likeness (QED) is 0.782. The molecule has 0 radical (unpaired) electrons. The summed E-state index contributed by atoms with van der Waals surface area (Å²) in [5.41, 5.74) is 2.42. The van der Waals surface area contributed by atoms with Gasteiger partial charge in [-0.15, -0.1) is 0 Å². The zero-order valence-electron chi connectivity index (χ0n) is 12.2. The predicted molar refractivity (Wildman–Crippen MR) is 82.6 cm³/mol. The molecule has 0 aliphatic carbocycles. The maximum atomic E-state index is 8.70. The SMILES string of the molecule is COc1ccc(CNCc2ccc(OCCO)cc2)cc1. The first-order valence-corrected chi connectivity index (χ1v) is 6.98. The summed E-state index contributed by atoms with van der Waals surface area (Å²) in [6, 6.07) is 15.9. The van der Waals surface area contributed by atoms with Gasteiger partial charge in [0, 0.05) is 13.1 Å². The third kappa shape index (κ3) is 5.10. The van der Waals surface area contributed by atoms with Crippen molar-refractivity contribution in [3.8, 4) is 11.5 Å². The Morgan fingerprint density at radius 3 is 1.86 bits per heavy atom. The second-order valence-corrected chi connectivity index (χ2v) is 4.67. The van der Waals surface area contributed by atoms with Gasteiger partial charge in [-0.25, -0.2) is 0 Å². The third-order valence-corrected chi connectivity index (χ3v) is 3.10. The highest BCUT2D eigenvalue weighted by atomic mass is 16.5. The van der Waals surface area contributed by atoms with E-state index in [2.05, 4.69) is 17.4 Å². The highest BCUT2D eigenvalue weighted by Crippen LogP contribution is 2.13. The first-order chi connectivity index (χ1) is 10.3. The lowest BCUT2D eigenvalue weighted by Crippen LogP contribution is -2.12. The van der Waals surface area contributed by atoms with Crippen LogP contribution in [0.5, 0.6) is 11.5 Å². The Labute approximate surface area is 125 Å². The summed E-state index contributed by atoms with van der Waals surface area (Å²) in [4.78, 5) is 0. The number of hydrogen-bond acceptors (Lipinski definition) is 4. The molecule has 0 spiro atoms. The van der Waals surface area contributed by atoms with E-state index in [0.717, 1.165) is 24.6 Å². The molecule has 0 fully saturated rings. The van der Waals surface area contributed by atoms with Crippen LogP contribution >= 0.6 is 0 Å². The molecule has 2 aromatic carbocycles. The molecule has 0 amide bonds. The molecule has 0 aliphatic heterocycles. The molecular formula is C17H21NO3. The minimum atomic E-state index is 0.0329. The summed E-state index contributed by atoms with van der Waals surface area (Å²) in [5.74, 6) is 1.65. The van der Waals surface area contributed by atoms with Gasteiger partial charge in [-0.05, 0) is 35.4 Å². The summed E-state index contributed by atoms with van der Waals surface area (Å²) >= 11 is 0. The first kappa shape index (κ1) is 15.4. The van der Waals surface area contributed by atoms with E-state index >= 15 is 0 Å².